The Hall–Kier alpha value is -0.520. The Morgan fingerprint density at radius 3 is 2.82 bits per heavy atom. The van der Waals surface area contributed by atoms with Crippen LogP contribution in [0.5, 0.6) is 0 Å². The maximum atomic E-state index is 6.23. The van der Waals surface area contributed by atoms with Crippen LogP contribution < -0.4 is 5.32 Å². The van der Waals surface area contributed by atoms with Crippen LogP contribution in [-0.4, -0.2) is 19.8 Å². The van der Waals surface area contributed by atoms with Gasteiger partial charge in [0.2, 0.25) is 0 Å². The molecule has 0 radical (unpaired) electrons. The van der Waals surface area contributed by atoms with Crippen molar-refractivity contribution in [2.24, 2.45) is 0 Å². The van der Waals surface area contributed by atoms with Crippen molar-refractivity contribution in [3.8, 4) is 11.3 Å². The predicted octanol–water partition coefficient (Wildman–Crippen LogP) is 5.30. The van der Waals surface area contributed by atoms with Crippen LogP contribution in [0.3, 0.4) is 0 Å². The van der Waals surface area contributed by atoms with Crippen LogP contribution in [0.4, 0.5) is 0 Å². The molecule has 1 aromatic heterocycles. The molecule has 0 aliphatic heterocycles. The van der Waals surface area contributed by atoms with Crippen molar-refractivity contribution >= 4 is 39.9 Å². The zero-order valence-electron chi connectivity index (χ0n) is 12.4. The molecule has 1 heterocycles. The minimum Gasteiger partial charge on any atom is -0.460 e. The first kappa shape index (κ1) is 19.5. The summed E-state index contributed by atoms with van der Waals surface area (Å²) in [7, 11) is 0. The van der Waals surface area contributed by atoms with Gasteiger partial charge in [-0.1, -0.05) is 27.5 Å². The average Bonchev–Trinajstić information content (AvgIpc) is 2.91. The van der Waals surface area contributed by atoms with Crippen LogP contribution >= 0.6 is 39.9 Å². The van der Waals surface area contributed by atoms with Crippen LogP contribution in [0, 0.1) is 0 Å². The highest BCUT2D eigenvalue weighted by molar-refractivity contribution is 9.10. The molecule has 122 valence electrons. The zero-order valence-corrected chi connectivity index (χ0v) is 15.6. The number of hydrogen-bond donors (Lipinski definition) is 1. The molecule has 0 aliphatic rings. The van der Waals surface area contributed by atoms with Crippen molar-refractivity contribution in [3.63, 3.8) is 0 Å². The first-order valence-corrected chi connectivity index (χ1v) is 8.20. The van der Waals surface area contributed by atoms with Crippen molar-refractivity contribution in [3.05, 3.63) is 45.6 Å². The van der Waals surface area contributed by atoms with Crippen molar-refractivity contribution in [1.29, 1.82) is 0 Å². The molecule has 0 spiro atoms. The molecule has 0 saturated heterocycles. The van der Waals surface area contributed by atoms with E-state index >= 15 is 0 Å². The van der Waals surface area contributed by atoms with Gasteiger partial charge in [-0.05, 0) is 50.2 Å². The van der Waals surface area contributed by atoms with Gasteiger partial charge in [-0.15, -0.1) is 12.4 Å². The Balaban J connectivity index is 0.00000242. The van der Waals surface area contributed by atoms with E-state index in [4.69, 9.17) is 20.8 Å². The second-order valence-corrected chi connectivity index (χ2v) is 5.94. The highest BCUT2D eigenvalue weighted by atomic mass is 79.9. The smallest absolute Gasteiger partial charge is 0.135 e. The number of halogens is 3. The lowest BCUT2D eigenvalue weighted by atomic mass is 10.2. The van der Waals surface area contributed by atoms with E-state index in [2.05, 4.69) is 21.2 Å². The fourth-order valence-electron chi connectivity index (χ4n) is 1.96. The van der Waals surface area contributed by atoms with E-state index in [-0.39, 0.29) is 12.4 Å². The predicted molar refractivity (Wildman–Crippen MR) is 96.9 cm³/mol. The van der Waals surface area contributed by atoms with Crippen molar-refractivity contribution in [1.82, 2.24) is 5.32 Å². The van der Waals surface area contributed by atoms with Gasteiger partial charge in [-0.3, -0.25) is 0 Å². The topological polar surface area (TPSA) is 34.4 Å². The van der Waals surface area contributed by atoms with Gasteiger partial charge in [0.25, 0.3) is 0 Å². The molecule has 1 aromatic carbocycles. The van der Waals surface area contributed by atoms with Gasteiger partial charge >= 0.3 is 0 Å². The molecule has 2 aromatic rings. The SMILES string of the molecule is CCOCCCNCc1ccc(-c2ccc(Br)cc2Cl)o1.Cl. The fourth-order valence-corrected chi connectivity index (χ4v) is 2.73. The highest BCUT2D eigenvalue weighted by Gasteiger charge is 2.08. The molecule has 1 N–H and O–H groups in total. The van der Waals surface area contributed by atoms with Crippen LogP contribution in [0.1, 0.15) is 19.1 Å². The normalized spacial score (nSPS) is 10.5. The van der Waals surface area contributed by atoms with Gasteiger partial charge in [0.05, 0.1) is 11.6 Å². The minimum absolute atomic E-state index is 0. The first-order chi connectivity index (χ1) is 10.2. The van der Waals surface area contributed by atoms with E-state index in [1.807, 2.05) is 37.3 Å². The third kappa shape index (κ3) is 5.94. The fraction of sp³-hybridized carbons (Fsp3) is 0.375. The average molecular weight is 409 g/mol. The Bertz CT molecular complexity index is 575. The van der Waals surface area contributed by atoms with E-state index in [1.54, 1.807) is 0 Å². The highest BCUT2D eigenvalue weighted by Crippen LogP contribution is 2.31. The molecule has 3 nitrogen and oxygen atoms in total. The summed E-state index contributed by atoms with van der Waals surface area (Å²) in [6.45, 7) is 5.19. The molecule has 0 aliphatic carbocycles. The van der Waals surface area contributed by atoms with E-state index in [0.717, 1.165) is 47.7 Å². The third-order valence-corrected chi connectivity index (χ3v) is 3.81. The number of nitrogens with one attached hydrogen (secondary N) is 1. The maximum absolute atomic E-state index is 6.23. The second kappa shape index (κ2) is 10.3. The molecule has 6 heteroatoms. The summed E-state index contributed by atoms with van der Waals surface area (Å²) in [5.41, 5.74) is 0.905. The van der Waals surface area contributed by atoms with Gasteiger partial charge in [-0.2, -0.15) is 0 Å². The van der Waals surface area contributed by atoms with Crippen LogP contribution in [0.2, 0.25) is 5.02 Å². The van der Waals surface area contributed by atoms with E-state index in [1.165, 1.54) is 0 Å². The Morgan fingerprint density at radius 1 is 1.27 bits per heavy atom. The summed E-state index contributed by atoms with van der Waals surface area (Å²) in [5.74, 6) is 1.69. The summed E-state index contributed by atoms with van der Waals surface area (Å²) >= 11 is 9.63. The second-order valence-electron chi connectivity index (χ2n) is 4.62. The number of hydrogen-bond acceptors (Lipinski definition) is 3. The summed E-state index contributed by atoms with van der Waals surface area (Å²) in [5, 5.41) is 4.01. The lowest BCUT2D eigenvalue weighted by Gasteiger charge is -2.04. The summed E-state index contributed by atoms with van der Waals surface area (Å²) in [6.07, 6.45) is 1.000. The number of benzene rings is 1. The number of ether oxygens (including phenoxy) is 1. The number of furan rings is 1. The van der Waals surface area contributed by atoms with Gasteiger partial charge in [0, 0.05) is 23.2 Å². The van der Waals surface area contributed by atoms with Crippen LogP contribution in [0.25, 0.3) is 11.3 Å². The minimum atomic E-state index is 0. The van der Waals surface area contributed by atoms with Gasteiger partial charge < -0.3 is 14.5 Å². The molecule has 0 atom stereocenters. The largest absolute Gasteiger partial charge is 0.460 e. The standard InChI is InChI=1S/C16H19BrClNO2.ClH/c1-2-20-9-3-8-19-11-13-5-7-16(21-13)14-6-4-12(17)10-15(14)18;/h4-7,10,19H,2-3,8-9,11H2,1H3;1H. The van der Waals surface area contributed by atoms with Crippen molar-refractivity contribution < 1.29 is 9.15 Å². The quantitative estimate of drug-likeness (QED) is 0.601. The first-order valence-electron chi connectivity index (χ1n) is 7.03. The van der Waals surface area contributed by atoms with Crippen LogP contribution in [-0.2, 0) is 11.3 Å². The summed E-state index contributed by atoms with van der Waals surface area (Å²) in [4.78, 5) is 0. The molecular weight excluding hydrogens is 389 g/mol. The van der Waals surface area contributed by atoms with Gasteiger partial charge in [0.15, 0.2) is 0 Å². The maximum Gasteiger partial charge on any atom is 0.135 e. The molecule has 0 fully saturated rings. The van der Waals surface area contributed by atoms with Gasteiger partial charge in [0.1, 0.15) is 11.5 Å². The Morgan fingerprint density at radius 2 is 2.09 bits per heavy atom. The third-order valence-electron chi connectivity index (χ3n) is 3.00. The molecule has 0 unspecified atom stereocenters. The van der Waals surface area contributed by atoms with Crippen molar-refractivity contribution in [2.75, 3.05) is 19.8 Å². The monoisotopic (exact) mass is 407 g/mol. The molecule has 0 saturated carbocycles. The number of rotatable bonds is 8. The summed E-state index contributed by atoms with van der Waals surface area (Å²) in [6, 6.07) is 9.70. The zero-order chi connectivity index (χ0) is 15.1. The molecule has 2 rings (SSSR count). The Kier molecular flexibility index (Phi) is 9.13. The van der Waals surface area contributed by atoms with E-state index in [9.17, 15) is 0 Å². The van der Waals surface area contributed by atoms with E-state index in [0.29, 0.717) is 11.6 Å². The lowest BCUT2D eigenvalue weighted by Crippen LogP contribution is -2.15. The van der Waals surface area contributed by atoms with Gasteiger partial charge in [-0.25, -0.2) is 0 Å². The molecular formula is C16H20BrCl2NO2. The molecule has 0 amide bonds. The molecule has 22 heavy (non-hydrogen) atoms. The lowest BCUT2D eigenvalue weighted by molar-refractivity contribution is 0.144. The van der Waals surface area contributed by atoms with E-state index < -0.39 is 0 Å². The molecule has 0 bridgehead atoms. The van der Waals surface area contributed by atoms with Crippen LogP contribution in [0.15, 0.2) is 39.2 Å². The summed E-state index contributed by atoms with van der Waals surface area (Å²) < 4.78 is 12.1. The van der Waals surface area contributed by atoms with Crippen molar-refractivity contribution in [2.45, 2.75) is 19.9 Å². The Labute approximate surface area is 150 Å².